The molecule has 128 valence electrons. The number of nitrogens with two attached hydrogens (primary N) is 1. The van der Waals surface area contributed by atoms with E-state index in [1.807, 2.05) is 42.5 Å². The van der Waals surface area contributed by atoms with Crippen LogP contribution in [-0.2, 0) is 6.54 Å². The first-order valence-electron chi connectivity index (χ1n) is 7.64. The van der Waals surface area contributed by atoms with Gasteiger partial charge in [0.05, 0.1) is 14.2 Å². The quantitative estimate of drug-likeness (QED) is 0.729. The van der Waals surface area contributed by atoms with Crippen LogP contribution in [0.2, 0.25) is 0 Å². The summed E-state index contributed by atoms with van der Waals surface area (Å²) < 4.78 is 10.8. The van der Waals surface area contributed by atoms with Crippen molar-refractivity contribution in [1.29, 1.82) is 0 Å². The monoisotopic (exact) mass is 329 g/mol. The van der Waals surface area contributed by atoms with Gasteiger partial charge in [-0.15, -0.1) is 0 Å². The molecular formula is C18H23N3O3. The molecule has 1 atom stereocenters. The second-order valence-electron chi connectivity index (χ2n) is 5.37. The highest BCUT2D eigenvalue weighted by Crippen LogP contribution is 2.31. The minimum absolute atomic E-state index is 0.128. The van der Waals surface area contributed by atoms with E-state index in [2.05, 4.69) is 17.6 Å². The Bertz CT molecular complexity index is 686. The fourth-order valence-corrected chi connectivity index (χ4v) is 2.47. The number of amides is 2. The van der Waals surface area contributed by atoms with Crippen LogP contribution >= 0.6 is 0 Å². The Morgan fingerprint density at radius 2 is 1.83 bits per heavy atom. The Labute approximate surface area is 142 Å². The van der Waals surface area contributed by atoms with E-state index in [4.69, 9.17) is 15.2 Å². The number of urea groups is 1. The molecule has 2 aromatic carbocycles. The normalized spacial score (nSPS) is 11.6. The van der Waals surface area contributed by atoms with Gasteiger partial charge in [-0.2, -0.15) is 0 Å². The fourth-order valence-electron chi connectivity index (χ4n) is 2.47. The molecular weight excluding hydrogens is 306 g/mol. The standard InChI is InChI=1S/C18H23N3O3/c1-12(13-7-9-15(10-8-13)21-18(19)22)20-11-14-5-4-6-16(23-2)17(14)24-3/h4-10,12,20H,11H2,1-3H3,(H3,19,21,22). The number of nitrogens with one attached hydrogen (secondary N) is 2. The summed E-state index contributed by atoms with van der Waals surface area (Å²) in [7, 11) is 3.26. The molecule has 0 aliphatic rings. The highest BCUT2D eigenvalue weighted by molar-refractivity contribution is 5.87. The predicted octanol–water partition coefficient (Wildman–Crippen LogP) is 3.05. The van der Waals surface area contributed by atoms with Crippen LogP contribution in [0.4, 0.5) is 10.5 Å². The Kier molecular flexibility index (Phi) is 6.03. The second kappa shape index (κ2) is 8.21. The summed E-state index contributed by atoms with van der Waals surface area (Å²) in [5.41, 5.74) is 7.90. The van der Waals surface area contributed by atoms with E-state index in [0.717, 1.165) is 16.9 Å². The number of anilines is 1. The smallest absolute Gasteiger partial charge is 0.316 e. The second-order valence-corrected chi connectivity index (χ2v) is 5.37. The largest absolute Gasteiger partial charge is 0.493 e. The summed E-state index contributed by atoms with van der Waals surface area (Å²) >= 11 is 0. The molecule has 0 bridgehead atoms. The molecule has 6 heteroatoms. The number of carbonyl (C=O) groups excluding carboxylic acids is 1. The number of ether oxygens (including phenoxy) is 2. The number of primary amides is 1. The van der Waals surface area contributed by atoms with E-state index in [1.54, 1.807) is 14.2 Å². The number of carbonyl (C=O) groups is 1. The number of methoxy groups -OCH3 is 2. The molecule has 0 spiro atoms. The Balaban J connectivity index is 2.03. The van der Waals surface area contributed by atoms with Crippen molar-refractivity contribution < 1.29 is 14.3 Å². The van der Waals surface area contributed by atoms with Gasteiger partial charge in [-0.3, -0.25) is 0 Å². The summed E-state index contributed by atoms with van der Waals surface area (Å²) in [5.74, 6) is 1.45. The zero-order chi connectivity index (χ0) is 17.5. The molecule has 0 aliphatic carbocycles. The van der Waals surface area contributed by atoms with Crippen molar-refractivity contribution in [3.05, 3.63) is 53.6 Å². The van der Waals surface area contributed by atoms with E-state index < -0.39 is 6.03 Å². The lowest BCUT2D eigenvalue weighted by Crippen LogP contribution is -2.20. The summed E-state index contributed by atoms with van der Waals surface area (Å²) in [6.45, 7) is 2.71. The predicted molar refractivity (Wildman–Crippen MR) is 94.4 cm³/mol. The number of hydrogen-bond donors (Lipinski definition) is 3. The molecule has 0 radical (unpaired) electrons. The highest BCUT2D eigenvalue weighted by atomic mass is 16.5. The minimum Gasteiger partial charge on any atom is -0.493 e. The van der Waals surface area contributed by atoms with Gasteiger partial charge in [-0.25, -0.2) is 4.79 Å². The average Bonchev–Trinajstić information content (AvgIpc) is 2.59. The molecule has 0 aliphatic heterocycles. The van der Waals surface area contributed by atoms with Crippen molar-refractivity contribution in [1.82, 2.24) is 5.32 Å². The van der Waals surface area contributed by atoms with Gasteiger partial charge < -0.3 is 25.8 Å². The average molecular weight is 329 g/mol. The molecule has 4 N–H and O–H groups in total. The molecule has 2 amide bonds. The van der Waals surface area contributed by atoms with Gasteiger partial charge in [-0.05, 0) is 30.7 Å². The van der Waals surface area contributed by atoms with Gasteiger partial charge >= 0.3 is 6.03 Å². The molecule has 0 saturated heterocycles. The van der Waals surface area contributed by atoms with Crippen LogP contribution in [0.15, 0.2) is 42.5 Å². The topological polar surface area (TPSA) is 85.6 Å². The molecule has 0 aromatic heterocycles. The maximum absolute atomic E-state index is 10.8. The number of benzene rings is 2. The van der Waals surface area contributed by atoms with E-state index in [1.165, 1.54) is 0 Å². The minimum atomic E-state index is -0.570. The van der Waals surface area contributed by atoms with Crippen molar-refractivity contribution in [2.45, 2.75) is 19.5 Å². The molecule has 2 aromatic rings. The van der Waals surface area contributed by atoms with Crippen LogP contribution in [0.25, 0.3) is 0 Å². The first kappa shape index (κ1) is 17.6. The third-order valence-electron chi connectivity index (χ3n) is 3.76. The fraction of sp³-hybridized carbons (Fsp3) is 0.278. The van der Waals surface area contributed by atoms with Crippen LogP contribution in [-0.4, -0.2) is 20.3 Å². The molecule has 6 nitrogen and oxygen atoms in total. The van der Waals surface area contributed by atoms with Gasteiger partial charge in [0.2, 0.25) is 0 Å². The molecule has 0 saturated carbocycles. The van der Waals surface area contributed by atoms with Gasteiger partial charge in [-0.1, -0.05) is 24.3 Å². The lowest BCUT2D eigenvalue weighted by Gasteiger charge is -2.17. The van der Waals surface area contributed by atoms with Crippen LogP contribution in [0.3, 0.4) is 0 Å². The Morgan fingerprint density at radius 3 is 2.42 bits per heavy atom. The first-order valence-corrected chi connectivity index (χ1v) is 7.64. The van der Waals surface area contributed by atoms with Crippen LogP contribution in [0.5, 0.6) is 11.5 Å². The lowest BCUT2D eigenvalue weighted by atomic mass is 10.1. The van der Waals surface area contributed by atoms with E-state index in [0.29, 0.717) is 18.0 Å². The van der Waals surface area contributed by atoms with Crippen molar-refractivity contribution in [2.75, 3.05) is 19.5 Å². The number of hydrogen-bond acceptors (Lipinski definition) is 4. The van der Waals surface area contributed by atoms with Crippen LogP contribution in [0.1, 0.15) is 24.1 Å². The molecule has 1 unspecified atom stereocenters. The SMILES string of the molecule is COc1cccc(CNC(C)c2ccc(NC(N)=O)cc2)c1OC. The van der Waals surface area contributed by atoms with Gasteiger partial charge in [0.25, 0.3) is 0 Å². The summed E-state index contributed by atoms with van der Waals surface area (Å²) in [6.07, 6.45) is 0. The maximum atomic E-state index is 10.8. The first-order chi connectivity index (χ1) is 11.5. The lowest BCUT2D eigenvalue weighted by molar-refractivity contribution is 0.259. The van der Waals surface area contributed by atoms with E-state index in [9.17, 15) is 4.79 Å². The molecule has 0 fully saturated rings. The maximum Gasteiger partial charge on any atom is 0.316 e. The number of rotatable bonds is 7. The van der Waals surface area contributed by atoms with Crippen molar-refractivity contribution in [2.24, 2.45) is 5.73 Å². The van der Waals surface area contributed by atoms with Gasteiger partial charge in [0, 0.05) is 23.8 Å². The van der Waals surface area contributed by atoms with Gasteiger partial charge in [0.1, 0.15) is 0 Å². The molecule has 2 rings (SSSR count). The van der Waals surface area contributed by atoms with Crippen LogP contribution in [0, 0.1) is 0 Å². The summed E-state index contributed by atoms with van der Waals surface area (Å²) in [6, 6.07) is 12.9. The van der Waals surface area contributed by atoms with Crippen LogP contribution < -0.4 is 25.8 Å². The third kappa shape index (κ3) is 4.39. The Hall–Kier alpha value is -2.73. The highest BCUT2D eigenvalue weighted by Gasteiger charge is 2.11. The third-order valence-corrected chi connectivity index (χ3v) is 3.76. The van der Waals surface area contributed by atoms with E-state index >= 15 is 0 Å². The Morgan fingerprint density at radius 1 is 1.12 bits per heavy atom. The zero-order valence-corrected chi connectivity index (χ0v) is 14.1. The number of para-hydroxylation sites is 1. The van der Waals surface area contributed by atoms with Gasteiger partial charge in [0.15, 0.2) is 11.5 Å². The summed E-state index contributed by atoms with van der Waals surface area (Å²) in [4.78, 5) is 10.8. The van der Waals surface area contributed by atoms with Crippen molar-refractivity contribution in [3.63, 3.8) is 0 Å². The van der Waals surface area contributed by atoms with Crippen molar-refractivity contribution >= 4 is 11.7 Å². The molecule has 24 heavy (non-hydrogen) atoms. The van der Waals surface area contributed by atoms with Crippen molar-refractivity contribution in [3.8, 4) is 11.5 Å². The molecule has 0 heterocycles. The van der Waals surface area contributed by atoms with E-state index in [-0.39, 0.29) is 6.04 Å². The summed E-state index contributed by atoms with van der Waals surface area (Å²) in [5, 5.41) is 6.00. The zero-order valence-electron chi connectivity index (χ0n) is 14.1.